The Balaban J connectivity index is 1.54. The molecule has 5 aromatic carbocycles. The van der Waals surface area contributed by atoms with E-state index in [0.717, 1.165) is 4.90 Å². The predicted molar refractivity (Wildman–Crippen MR) is 187 cm³/mol. The Labute approximate surface area is 287 Å². The first-order valence-electron chi connectivity index (χ1n) is 16.1. The number of amides is 2. The molecule has 0 aromatic heterocycles. The molecule has 0 spiro atoms. The van der Waals surface area contributed by atoms with E-state index in [1.54, 1.807) is 44.6 Å². The number of nitro benzene ring substituents is 1. The second-order valence-electron chi connectivity index (χ2n) is 12.6. The maximum Gasteiger partial charge on any atom is 0.293 e. The Hall–Kier alpha value is -6.35. The lowest BCUT2D eigenvalue weighted by molar-refractivity contribution is -0.384. The molecular formula is C41H30N2O7. The van der Waals surface area contributed by atoms with Crippen LogP contribution in [-0.2, 0) is 25.2 Å². The molecule has 2 aliphatic carbocycles. The minimum atomic E-state index is -1.66. The third-order valence-electron chi connectivity index (χ3n) is 10.5. The van der Waals surface area contributed by atoms with Crippen LogP contribution in [0.5, 0.6) is 11.5 Å². The van der Waals surface area contributed by atoms with Crippen molar-refractivity contribution in [3.05, 3.63) is 166 Å². The summed E-state index contributed by atoms with van der Waals surface area (Å²) in [6.07, 6.45) is 0. The van der Waals surface area contributed by atoms with Crippen molar-refractivity contribution in [2.75, 3.05) is 19.1 Å². The molecule has 4 atom stereocenters. The van der Waals surface area contributed by atoms with Gasteiger partial charge in [-0.15, -0.1) is 0 Å². The third kappa shape index (κ3) is 3.91. The molecule has 0 N–H and O–H groups in total. The third-order valence-corrected chi connectivity index (χ3v) is 10.5. The van der Waals surface area contributed by atoms with Crippen molar-refractivity contribution in [1.29, 1.82) is 0 Å². The second-order valence-corrected chi connectivity index (χ2v) is 12.6. The van der Waals surface area contributed by atoms with Crippen LogP contribution in [0, 0.1) is 22.0 Å². The van der Waals surface area contributed by atoms with Crippen LogP contribution >= 0.6 is 0 Å². The first-order valence-corrected chi connectivity index (χ1v) is 16.1. The maximum absolute atomic E-state index is 16.0. The number of allylic oxidation sites excluding steroid dienone is 2. The maximum atomic E-state index is 16.0. The fourth-order valence-corrected chi connectivity index (χ4v) is 8.68. The molecule has 5 aromatic rings. The molecule has 246 valence electrons. The molecule has 1 aliphatic heterocycles. The van der Waals surface area contributed by atoms with Crippen molar-refractivity contribution in [3.8, 4) is 11.5 Å². The highest BCUT2D eigenvalue weighted by Gasteiger charge is 2.83. The zero-order chi connectivity index (χ0) is 34.8. The summed E-state index contributed by atoms with van der Waals surface area (Å²) >= 11 is 0. The van der Waals surface area contributed by atoms with Gasteiger partial charge in [0, 0.05) is 6.07 Å². The molecule has 3 aliphatic rings. The largest absolute Gasteiger partial charge is 0.497 e. The number of hydrogen-bond donors (Lipinski definition) is 0. The molecule has 8 rings (SSSR count). The first-order chi connectivity index (χ1) is 24.3. The van der Waals surface area contributed by atoms with Gasteiger partial charge in [0.15, 0.2) is 5.78 Å². The summed E-state index contributed by atoms with van der Waals surface area (Å²) in [4.78, 5) is 58.9. The highest BCUT2D eigenvalue weighted by Crippen LogP contribution is 2.74. The van der Waals surface area contributed by atoms with Gasteiger partial charge in [-0.1, -0.05) is 97.1 Å². The van der Waals surface area contributed by atoms with E-state index in [1.165, 1.54) is 18.2 Å². The number of ether oxygens (including phenoxy) is 2. The normalized spacial score (nSPS) is 23.7. The molecule has 50 heavy (non-hydrogen) atoms. The number of Topliss-reactive ketones (excluding diaryl/α,β-unsaturated/α-hetero) is 1. The van der Waals surface area contributed by atoms with Gasteiger partial charge in [-0.2, -0.15) is 0 Å². The molecule has 9 heteroatoms. The van der Waals surface area contributed by atoms with Gasteiger partial charge in [0.2, 0.25) is 11.8 Å². The van der Waals surface area contributed by atoms with Gasteiger partial charge in [0.1, 0.15) is 17.2 Å². The Kier molecular flexibility index (Phi) is 7.04. The second kappa shape index (κ2) is 11.4. The van der Waals surface area contributed by atoms with Crippen LogP contribution in [-0.4, -0.2) is 36.7 Å². The number of methoxy groups -OCH3 is 2. The van der Waals surface area contributed by atoms with Gasteiger partial charge in [0.25, 0.3) is 5.69 Å². The van der Waals surface area contributed by atoms with Crippen molar-refractivity contribution >= 4 is 40.1 Å². The summed E-state index contributed by atoms with van der Waals surface area (Å²) in [6, 6.07) is 38.6. The number of rotatable bonds is 8. The molecule has 0 radical (unpaired) electrons. The number of hydrogen-bond acceptors (Lipinski definition) is 7. The van der Waals surface area contributed by atoms with Crippen LogP contribution in [0.4, 0.5) is 11.4 Å². The van der Waals surface area contributed by atoms with Crippen molar-refractivity contribution in [3.63, 3.8) is 0 Å². The van der Waals surface area contributed by atoms with Crippen LogP contribution in [0.1, 0.15) is 22.3 Å². The van der Waals surface area contributed by atoms with Gasteiger partial charge in [-0.05, 0) is 63.7 Å². The van der Waals surface area contributed by atoms with E-state index in [2.05, 4.69) is 0 Å². The number of carbonyl (C=O) groups is 3. The number of nitrogens with zero attached hydrogens (tertiary/aromatic N) is 2. The fraction of sp³-hybridized carbons (Fsp3) is 0.146. The summed E-state index contributed by atoms with van der Waals surface area (Å²) in [7, 11) is 3.14. The lowest BCUT2D eigenvalue weighted by atomic mass is 9.59. The number of para-hydroxylation sites is 2. The minimum Gasteiger partial charge on any atom is -0.497 e. The van der Waals surface area contributed by atoms with Crippen LogP contribution in [0.15, 0.2) is 133 Å². The SMILES string of the molecule is COc1ccc(C2=C(c3ccc(OC)cc3)[C@@]3(c4ccccc4)C(=O)[C@@]2(c2ccccc2)[C@H]2C(=O)N(c4ccccc4[N+](=O)[O-])C(=O)[C@@H]23)cc1. The molecule has 2 fully saturated rings. The Morgan fingerprint density at radius 3 is 1.38 bits per heavy atom. The van der Waals surface area contributed by atoms with Gasteiger partial charge in [-0.25, -0.2) is 4.90 Å². The fourth-order valence-electron chi connectivity index (χ4n) is 8.68. The van der Waals surface area contributed by atoms with Crippen LogP contribution in [0.25, 0.3) is 11.1 Å². The Morgan fingerprint density at radius 2 is 0.980 bits per heavy atom. The number of ketones is 1. The Bertz CT molecular complexity index is 2100. The van der Waals surface area contributed by atoms with E-state index in [9.17, 15) is 10.1 Å². The van der Waals surface area contributed by atoms with Crippen LogP contribution in [0.2, 0.25) is 0 Å². The van der Waals surface area contributed by atoms with E-state index in [1.807, 2.05) is 84.9 Å². The number of anilines is 1. The molecule has 1 heterocycles. The lowest BCUT2D eigenvalue weighted by Crippen LogP contribution is -2.45. The number of carbonyl (C=O) groups excluding carboxylic acids is 3. The zero-order valence-electron chi connectivity index (χ0n) is 27.1. The van der Waals surface area contributed by atoms with Crippen LogP contribution in [0.3, 0.4) is 0 Å². The number of fused-ring (bicyclic) bond motifs is 5. The molecular weight excluding hydrogens is 632 g/mol. The molecule has 2 amide bonds. The van der Waals surface area contributed by atoms with Gasteiger partial charge >= 0.3 is 0 Å². The Morgan fingerprint density at radius 1 is 0.580 bits per heavy atom. The highest BCUT2D eigenvalue weighted by molar-refractivity contribution is 6.39. The average Bonchev–Trinajstić information content (AvgIpc) is 3.67. The minimum absolute atomic E-state index is 0.128. The van der Waals surface area contributed by atoms with E-state index >= 15 is 14.4 Å². The lowest BCUT2D eigenvalue weighted by Gasteiger charge is -2.39. The monoisotopic (exact) mass is 662 g/mol. The average molecular weight is 663 g/mol. The van der Waals surface area contributed by atoms with Crippen molar-refractivity contribution < 1.29 is 28.8 Å². The number of nitro groups is 1. The van der Waals surface area contributed by atoms with E-state index in [0.29, 0.717) is 44.9 Å². The molecule has 0 unspecified atom stereocenters. The van der Waals surface area contributed by atoms with Gasteiger partial charge < -0.3 is 9.47 Å². The van der Waals surface area contributed by atoms with Crippen molar-refractivity contribution in [2.24, 2.45) is 11.8 Å². The quantitative estimate of drug-likeness (QED) is 0.102. The van der Waals surface area contributed by atoms with Gasteiger partial charge in [-0.3, -0.25) is 24.5 Å². The summed E-state index contributed by atoms with van der Waals surface area (Å²) in [5.74, 6) is -2.85. The summed E-state index contributed by atoms with van der Waals surface area (Å²) in [5.41, 5.74) is -0.173. The summed E-state index contributed by atoms with van der Waals surface area (Å²) in [6.45, 7) is 0. The predicted octanol–water partition coefficient (Wildman–Crippen LogP) is 6.80. The smallest absolute Gasteiger partial charge is 0.293 e. The van der Waals surface area contributed by atoms with E-state index in [4.69, 9.17) is 9.47 Å². The first kappa shape index (κ1) is 31.0. The number of benzene rings is 5. The van der Waals surface area contributed by atoms with Crippen LogP contribution < -0.4 is 14.4 Å². The van der Waals surface area contributed by atoms with E-state index in [-0.39, 0.29) is 17.2 Å². The van der Waals surface area contributed by atoms with Crippen molar-refractivity contribution in [1.82, 2.24) is 0 Å². The number of imide groups is 1. The molecule has 1 saturated heterocycles. The molecule has 1 saturated carbocycles. The summed E-state index contributed by atoms with van der Waals surface area (Å²) in [5, 5.41) is 12.3. The van der Waals surface area contributed by atoms with Crippen molar-refractivity contribution in [2.45, 2.75) is 10.8 Å². The van der Waals surface area contributed by atoms with Gasteiger partial charge in [0.05, 0.1) is 41.8 Å². The molecule has 9 nitrogen and oxygen atoms in total. The zero-order valence-corrected chi connectivity index (χ0v) is 27.1. The highest BCUT2D eigenvalue weighted by atomic mass is 16.6. The topological polar surface area (TPSA) is 116 Å². The summed E-state index contributed by atoms with van der Waals surface area (Å²) < 4.78 is 11.0. The van der Waals surface area contributed by atoms with E-state index < -0.39 is 39.4 Å². The standard InChI is InChI=1S/C41H30N2O7/c1-49-29-21-17-25(18-22-29)33-34(26-19-23-30(50-2)24-20-26)41(28-13-7-4-8-14-28)36-35(40(33,39(41)46)27-11-5-3-6-12-27)37(44)42(38(36)45)31-15-9-10-16-32(31)43(47)48/h3-24,35-36H,1-2H3/t35-,36-,40-,41-/m1/s1. The molecule has 2 bridgehead atoms.